The van der Waals surface area contributed by atoms with E-state index in [1.165, 1.54) is 0 Å². The largest absolute Gasteiger partial charge is 0.356 e. The van der Waals surface area contributed by atoms with E-state index in [-0.39, 0.29) is 17.7 Å². The van der Waals surface area contributed by atoms with Crippen molar-refractivity contribution in [2.24, 2.45) is 0 Å². The molecule has 0 fully saturated rings. The van der Waals surface area contributed by atoms with Crippen molar-refractivity contribution in [3.8, 4) is 0 Å². The Labute approximate surface area is 148 Å². The molecule has 1 atom stereocenters. The summed E-state index contributed by atoms with van der Waals surface area (Å²) in [5.74, 6) is -0.00197. The molecular weight excluding hydrogens is 316 g/mol. The third kappa shape index (κ3) is 4.98. The van der Waals surface area contributed by atoms with Crippen LogP contribution in [-0.4, -0.2) is 33.0 Å². The molecule has 0 aliphatic rings. The van der Waals surface area contributed by atoms with Crippen molar-refractivity contribution >= 4 is 11.7 Å². The Morgan fingerprint density at radius 3 is 2.64 bits per heavy atom. The maximum Gasteiger partial charge on any atom is 0.222 e. The highest BCUT2D eigenvalue weighted by Crippen LogP contribution is 2.19. The van der Waals surface area contributed by atoms with Gasteiger partial charge in [0.2, 0.25) is 5.91 Å². The summed E-state index contributed by atoms with van der Waals surface area (Å²) >= 11 is 0. The Morgan fingerprint density at radius 1 is 1.28 bits per heavy atom. The molecule has 1 N–H and O–H groups in total. The topological polar surface area (TPSA) is 76.9 Å². The smallest absolute Gasteiger partial charge is 0.222 e. The molecule has 0 bridgehead atoms. The SMILES string of the molecule is CC(=O)c1c(C)nn([C@@H](C)CC(=O)NCCCc2ccccn2)c1C. The molecule has 2 aromatic heterocycles. The minimum atomic E-state index is -0.0948. The van der Waals surface area contributed by atoms with Gasteiger partial charge in [-0.05, 0) is 52.7 Å². The first kappa shape index (κ1) is 18.8. The Balaban J connectivity index is 1.82. The van der Waals surface area contributed by atoms with Crippen molar-refractivity contribution in [3.05, 3.63) is 47.0 Å². The first-order valence-corrected chi connectivity index (χ1v) is 8.63. The monoisotopic (exact) mass is 342 g/mol. The van der Waals surface area contributed by atoms with E-state index in [9.17, 15) is 9.59 Å². The lowest BCUT2D eigenvalue weighted by Gasteiger charge is -2.14. The van der Waals surface area contributed by atoms with E-state index < -0.39 is 0 Å². The standard InChI is InChI=1S/C19H26N4O2/c1-13(23-15(3)19(16(4)24)14(2)22-23)12-18(25)21-11-7-9-17-8-5-6-10-20-17/h5-6,8,10,13H,7,9,11-12H2,1-4H3,(H,21,25)/t13-/m0/s1. The highest BCUT2D eigenvalue weighted by atomic mass is 16.1. The summed E-state index contributed by atoms with van der Waals surface area (Å²) in [6, 6.07) is 5.75. The molecule has 2 heterocycles. The van der Waals surface area contributed by atoms with Crippen LogP contribution in [0.5, 0.6) is 0 Å². The first-order chi connectivity index (χ1) is 11.9. The maximum absolute atomic E-state index is 12.1. The van der Waals surface area contributed by atoms with Gasteiger partial charge in [-0.2, -0.15) is 5.10 Å². The fourth-order valence-electron chi connectivity index (χ4n) is 3.07. The Kier molecular flexibility index (Phi) is 6.44. The lowest BCUT2D eigenvalue weighted by atomic mass is 10.1. The molecule has 25 heavy (non-hydrogen) atoms. The summed E-state index contributed by atoms with van der Waals surface area (Å²) in [6.07, 6.45) is 3.81. The summed E-state index contributed by atoms with van der Waals surface area (Å²) in [6.45, 7) is 7.80. The van der Waals surface area contributed by atoms with Gasteiger partial charge in [0, 0.05) is 30.6 Å². The van der Waals surface area contributed by atoms with Crippen molar-refractivity contribution in [1.29, 1.82) is 0 Å². The lowest BCUT2D eigenvalue weighted by molar-refractivity contribution is -0.121. The van der Waals surface area contributed by atoms with Crippen molar-refractivity contribution in [3.63, 3.8) is 0 Å². The molecule has 0 radical (unpaired) electrons. The van der Waals surface area contributed by atoms with Crippen LogP contribution in [0.25, 0.3) is 0 Å². The van der Waals surface area contributed by atoms with E-state index in [0.717, 1.165) is 24.2 Å². The number of nitrogens with one attached hydrogen (secondary N) is 1. The molecular formula is C19H26N4O2. The zero-order chi connectivity index (χ0) is 18.4. The predicted molar refractivity (Wildman–Crippen MR) is 96.6 cm³/mol. The molecule has 0 unspecified atom stereocenters. The fraction of sp³-hybridized carbons (Fsp3) is 0.474. The summed E-state index contributed by atoms with van der Waals surface area (Å²) in [5, 5.41) is 7.37. The number of hydrogen-bond acceptors (Lipinski definition) is 4. The number of Topliss-reactive ketones (excluding diaryl/α,β-unsaturated/α-hetero) is 1. The molecule has 2 rings (SSSR count). The van der Waals surface area contributed by atoms with Gasteiger partial charge in [0.05, 0.1) is 17.3 Å². The molecule has 6 nitrogen and oxygen atoms in total. The minimum absolute atomic E-state index is 0.00687. The zero-order valence-electron chi connectivity index (χ0n) is 15.4. The predicted octanol–water partition coefficient (Wildman–Crippen LogP) is 2.80. The molecule has 0 saturated carbocycles. The second-order valence-electron chi connectivity index (χ2n) is 6.37. The van der Waals surface area contributed by atoms with Crippen molar-refractivity contribution in [2.45, 2.75) is 53.0 Å². The minimum Gasteiger partial charge on any atom is -0.356 e. The van der Waals surface area contributed by atoms with Crippen LogP contribution in [-0.2, 0) is 11.2 Å². The Hall–Kier alpha value is -2.50. The molecule has 0 aliphatic heterocycles. The van der Waals surface area contributed by atoms with Crippen LogP contribution in [0.4, 0.5) is 0 Å². The van der Waals surface area contributed by atoms with Crippen molar-refractivity contribution in [1.82, 2.24) is 20.1 Å². The molecule has 0 aromatic carbocycles. The number of rotatable bonds is 8. The fourth-order valence-corrected chi connectivity index (χ4v) is 3.07. The van der Waals surface area contributed by atoms with Gasteiger partial charge in [0.15, 0.2) is 5.78 Å². The van der Waals surface area contributed by atoms with Crippen LogP contribution in [0, 0.1) is 13.8 Å². The lowest BCUT2D eigenvalue weighted by Crippen LogP contribution is -2.27. The molecule has 6 heteroatoms. The molecule has 134 valence electrons. The van der Waals surface area contributed by atoms with Crippen LogP contribution in [0.2, 0.25) is 0 Å². The first-order valence-electron chi connectivity index (χ1n) is 8.63. The highest BCUT2D eigenvalue weighted by Gasteiger charge is 2.20. The number of carbonyl (C=O) groups excluding carboxylic acids is 2. The van der Waals surface area contributed by atoms with Crippen LogP contribution in [0.1, 0.15) is 60.2 Å². The van der Waals surface area contributed by atoms with Gasteiger partial charge in [0.25, 0.3) is 0 Å². The number of amides is 1. The number of aromatic nitrogens is 3. The second kappa shape index (κ2) is 8.55. The Bertz CT molecular complexity index is 737. The zero-order valence-corrected chi connectivity index (χ0v) is 15.4. The van der Waals surface area contributed by atoms with E-state index in [1.54, 1.807) is 17.8 Å². The van der Waals surface area contributed by atoms with Crippen molar-refractivity contribution in [2.75, 3.05) is 6.54 Å². The second-order valence-corrected chi connectivity index (χ2v) is 6.37. The summed E-state index contributed by atoms with van der Waals surface area (Å²) < 4.78 is 1.78. The van der Waals surface area contributed by atoms with Gasteiger partial charge < -0.3 is 5.32 Å². The van der Waals surface area contributed by atoms with Gasteiger partial charge >= 0.3 is 0 Å². The van der Waals surface area contributed by atoms with Gasteiger partial charge in [-0.15, -0.1) is 0 Å². The van der Waals surface area contributed by atoms with Gasteiger partial charge in [-0.3, -0.25) is 19.3 Å². The number of carbonyl (C=O) groups is 2. The third-order valence-corrected chi connectivity index (χ3v) is 4.23. The number of ketones is 1. The molecule has 2 aromatic rings. The number of hydrogen-bond donors (Lipinski definition) is 1. The van der Waals surface area contributed by atoms with E-state index in [1.807, 2.05) is 39.0 Å². The van der Waals surface area contributed by atoms with Crippen molar-refractivity contribution < 1.29 is 9.59 Å². The highest BCUT2D eigenvalue weighted by molar-refractivity contribution is 5.96. The van der Waals surface area contributed by atoms with E-state index in [2.05, 4.69) is 15.4 Å². The molecule has 1 amide bonds. The van der Waals surface area contributed by atoms with E-state index in [0.29, 0.717) is 24.2 Å². The number of aryl methyl sites for hydroxylation is 2. The normalized spacial score (nSPS) is 12.0. The van der Waals surface area contributed by atoms with Gasteiger partial charge in [-0.1, -0.05) is 6.07 Å². The number of nitrogens with zero attached hydrogens (tertiary/aromatic N) is 3. The summed E-state index contributed by atoms with van der Waals surface area (Å²) in [5.41, 5.74) is 3.22. The third-order valence-electron chi connectivity index (χ3n) is 4.23. The average molecular weight is 342 g/mol. The van der Waals surface area contributed by atoms with Gasteiger partial charge in [-0.25, -0.2) is 0 Å². The van der Waals surface area contributed by atoms with Crippen LogP contribution >= 0.6 is 0 Å². The molecule has 0 spiro atoms. The molecule has 0 saturated heterocycles. The van der Waals surface area contributed by atoms with Crippen LogP contribution in [0.15, 0.2) is 24.4 Å². The van der Waals surface area contributed by atoms with Crippen LogP contribution < -0.4 is 5.32 Å². The average Bonchev–Trinajstić information content (AvgIpc) is 2.87. The summed E-state index contributed by atoms with van der Waals surface area (Å²) in [7, 11) is 0. The summed E-state index contributed by atoms with van der Waals surface area (Å²) in [4.78, 5) is 28.1. The molecule has 0 aliphatic carbocycles. The van der Waals surface area contributed by atoms with Crippen LogP contribution in [0.3, 0.4) is 0 Å². The van der Waals surface area contributed by atoms with Gasteiger partial charge in [0.1, 0.15) is 0 Å². The maximum atomic E-state index is 12.1. The Morgan fingerprint density at radius 2 is 2.04 bits per heavy atom. The quantitative estimate of drug-likeness (QED) is 0.591. The van der Waals surface area contributed by atoms with E-state index in [4.69, 9.17) is 0 Å². The van der Waals surface area contributed by atoms with E-state index >= 15 is 0 Å². The number of pyridine rings is 1.